The number of nitrogens with zero attached hydrogens (tertiary/aromatic N) is 2. The molecule has 0 unspecified atom stereocenters. The molecule has 0 saturated heterocycles. The second kappa shape index (κ2) is 2.82. The van der Waals surface area contributed by atoms with Crippen LogP contribution in [0.5, 0.6) is 5.88 Å². The molecule has 2 N–H and O–H groups in total. The van der Waals surface area contributed by atoms with Gasteiger partial charge in [0.15, 0.2) is 0 Å². The van der Waals surface area contributed by atoms with E-state index in [0.717, 1.165) is 12.1 Å². The Morgan fingerprint density at radius 2 is 2.27 bits per heavy atom. The molecular weight excluding hydrogens is 142 g/mol. The van der Waals surface area contributed by atoms with Crippen LogP contribution in [-0.2, 0) is 13.5 Å². The summed E-state index contributed by atoms with van der Waals surface area (Å²) in [6.45, 7) is 2.01. The zero-order chi connectivity index (χ0) is 8.43. The van der Waals surface area contributed by atoms with Gasteiger partial charge in [-0.25, -0.2) is 4.68 Å². The number of ether oxygens (including phenoxy) is 1. The van der Waals surface area contributed by atoms with Crippen molar-refractivity contribution in [1.82, 2.24) is 9.78 Å². The first-order chi connectivity index (χ1) is 5.20. The lowest BCUT2D eigenvalue weighted by Crippen LogP contribution is -1.96. The van der Waals surface area contributed by atoms with E-state index < -0.39 is 0 Å². The van der Waals surface area contributed by atoms with E-state index in [2.05, 4.69) is 5.10 Å². The first-order valence-corrected chi connectivity index (χ1v) is 3.56. The third-order valence-electron chi connectivity index (χ3n) is 1.63. The van der Waals surface area contributed by atoms with Crippen LogP contribution in [0.25, 0.3) is 0 Å². The number of aromatic nitrogens is 2. The summed E-state index contributed by atoms with van der Waals surface area (Å²) in [5.74, 6) is 0.641. The van der Waals surface area contributed by atoms with E-state index in [0.29, 0.717) is 11.6 Å². The van der Waals surface area contributed by atoms with E-state index in [9.17, 15) is 0 Å². The molecule has 11 heavy (non-hydrogen) atoms. The highest BCUT2D eigenvalue weighted by atomic mass is 16.5. The lowest BCUT2D eigenvalue weighted by Gasteiger charge is -1.98. The minimum atomic E-state index is 0.641. The number of rotatable bonds is 2. The van der Waals surface area contributed by atoms with Gasteiger partial charge in [-0.2, -0.15) is 5.10 Å². The van der Waals surface area contributed by atoms with Crippen LogP contribution in [0.4, 0.5) is 5.69 Å². The molecule has 0 saturated carbocycles. The molecule has 0 atom stereocenters. The molecule has 0 aliphatic heterocycles. The van der Waals surface area contributed by atoms with Crippen molar-refractivity contribution in [2.45, 2.75) is 13.3 Å². The predicted octanol–water partition coefficient (Wildman–Crippen LogP) is 0.573. The molecule has 0 amide bonds. The first-order valence-electron chi connectivity index (χ1n) is 3.56. The molecule has 0 aliphatic rings. The van der Waals surface area contributed by atoms with Crippen LogP contribution >= 0.6 is 0 Å². The predicted molar refractivity (Wildman–Crippen MR) is 43.6 cm³/mol. The van der Waals surface area contributed by atoms with E-state index in [1.165, 1.54) is 0 Å². The van der Waals surface area contributed by atoms with Gasteiger partial charge in [0, 0.05) is 7.05 Å². The van der Waals surface area contributed by atoms with Crippen molar-refractivity contribution in [2.24, 2.45) is 7.05 Å². The highest BCUT2D eigenvalue weighted by Gasteiger charge is 2.10. The van der Waals surface area contributed by atoms with E-state index >= 15 is 0 Å². The van der Waals surface area contributed by atoms with Crippen LogP contribution in [0.1, 0.15) is 12.6 Å². The molecule has 0 aliphatic carbocycles. The van der Waals surface area contributed by atoms with Crippen molar-refractivity contribution >= 4 is 5.69 Å². The van der Waals surface area contributed by atoms with Gasteiger partial charge in [0.2, 0.25) is 5.88 Å². The van der Waals surface area contributed by atoms with E-state index in [1.54, 1.807) is 11.8 Å². The summed E-state index contributed by atoms with van der Waals surface area (Å²) in [5.41, 5.74) is 7.26. The normalized spacial score (nSPS) is 10.1. The Hall–Kier alpha value is -1.19. The summed E-state index contributed by atoms with van der Waals surface area (Å²) in [6.07, 6.45) is 0.836. The average molecular weight is 155 g/mol. The topological polar surface area (TPSA) is 53.1 Å². The average Bonchev–Trinajstić information content (AvgIpc) is 2.26. The molecule has 1 heterocycles. The minimum absolute atomic E-state index is 0.641. The van der Waals surface area contributed by atoms with Crippen molar-refractivity contribution in [3.8, 4) is 5.88 Å². The van der Waals surface area contributed by atoms with Crippen molar-refractivity contribution in [3.63, 3.8) is 0 Å². The van der Waals surface area contributed by atoms with Crippen LogP contribution in [-0.4, -0.2) is 16.9 Å². The second-order valence-corrected chi connectivity index (χ2v) is 2.35. The Morgan fingerprint density at radius 1 is 1.64 bits per heavy atom. The van der Waals surface area contributed by atoms with Crippen LogP contribution in [0, 0.1) is 0 Å². The van der Waals surface area contributed by atoms with Gasteiger partial charge in [0.25, 0.3) is 0 Å². The standard InChI is InChI=1S/C7H13N3O/c1-4-5-6(8)7(11-3)10(2)9-5/h4,8H2,1-3H3. The van der Waals surface area contributed by atoms with E-state index in [1.807, 2.05) is 14.0 Å². The minimum Gasteiger partial charge on any atom is -0.480 e. The summed E-state index contributed by atoms with van der Waals surface area (Å²) in [6, 6.07) is 0. The Kier molecular flexibility index (Phi) is 2.03. The summed E-state index contributed by atoms with van der Waals surface area (Å²) < 4.78 is 6.68. The van der Waals surface area contributed by atoms with Gasteiger partial charge < -0.3 is 10.5 Å². The molecule has 0 fully saturated rings. The number of hydrogen-bond donors (Lipinski definition) is 1. The Balaban J connectivity index is 3.14. The fourth-order valence-corrected chi connectivity index (χ4v) is 1.08. The molecular formula is C7H13N3O. The fraction of sp³-hybridized carbons (Fsp3) is 0.571. The van der Waals surface area contributed by atoms with Crippen LogP contribution in [0.15, 0.2) is 0 Å². The number of anilines is 1. The summed E-state index contributed by atoms with van der Waals surface area (Å²) in [4.78, 5) is 0. The van der Waals surface area contributed by atoms with Gasteiger partial charge in [-0.1, -0.05) is 6.92 Å². The molecule has 0 radical (unpaired) electrons. The molecule has 4 heteroatoms. The number of methoxy groups -OCH3 is 1. The Labute approximate surface area is 66.0 Å². The summed E-state index contributed by atoms with van der Waals surface area (Å²) in [5, 5.41) is 4.17. The molecule has 1 aromatic rings. The van der Waals surface area contributed by atoms with Crippen LogP contribution in [0.3, 0.4) is 0 Å². The van der Waals surface area contributed by atoms with Gasteiger partial charge in [-0.15, -0.1) is 0 Å². The lowest BCUT2D eigenvalue weighted by atomic mass is 10.3. The van der Waals surface area contributed by atoms with Crippen LogP contribution < -0.4 is 10.5 Å². The molecule has 0 bridgehead atoms. The van der Waals surface area contributed by atoms with Gasteiger partial charge in [0.1, 0.15) is 5.69 Å². The zero-order valence-electron chi connectivity index (χ0n) is 7.09. The maximum Gasteiger partial charge on any atom is 0.235 e. The Morgan fingerprint density at radius 3 is 2.55 bits per heavy atom. The maximum atomic E-state index is 5.72. The maximum absolute atomic E-state index is 5.72. The van der Waals surface area contributed by atoms with E-state index in [4.69, 9.17) is 10.5 Å². The molecule has 1 aromatic heterocycles. The smallest absolute Gasteiger partial charge is 0.235 e. The fourth-order valence-electron chi connectivity index (χ4n) is 1.08. The summed E-state index contributed by atoms with van der Waals surface area (Å²) in [7, 11) is 3.40. The largest absolute Gasteiger partial charge is 0.480 e. The quantitative estimate of drug-likeness (QED) is 0.679. The molecule has 4 nitrogen and oxygen atoms in total. The van der Waals surface area contributed by atoms with Gasteiger partial charge in [0.05, 0.1) is 12.8 Å². The third kappa shape index (κ3) is 1.15. The molecule has 1 rings (SSSR count). The SMILES string of the molecule is CCc1nn(C)c(OC)c1N. The van der Waals surface area contributed by atoms with Crippen molar-refractivity contribution in [2.75, 3.05) is 12.8 Å². The van der Waals surface area contributed by atoms with Gasteiger partial charge in [-0.05, 0) is 6.42 Å². The molecule has 0 aromatic carbocycles. The number of nitrogens with two attached hydrogens (primary N) is 1. The van der Waals surface area contributed by atoms with Gasteiger partial charge >= 0.3 is 0 Å². The van der Waals surface area contributed by atoms with Gasteiger partial charge in [-0.3, -0.25) is 0 Å². The second-order valence-electron chi connectivity index (χ2n) is 2.35. The monoisotopic (exact) mass is 155 g/mol. The molecule has 0 spiro atoms. The highest BCUT2D eigenvalue weighted by Crippen LogP contribution is 2.23. The molecule has 62 valence electrons. The lowest BCUT2D eigenvalue weighted by molar-refractivity contribution is 0.375. The number of hydrogen-bond acceptors (Lipinski definition) is 3. The highest BCUT2D eigenvalue weighted by molar-refractivity contribution is 5.52. The van der Waals surface area contributed by atoms with E-state index in [-0.39, 0.29) is 0 Å². The van der Waals surface area contributed by atoms with Crippen molar-refractivity contribution in [3.05, 3.63) is 5.69 Å². The van der Waals surface area contributed by atoms with Crippen molar-refractivity contribution < 1.29 is 4.74 Å². The number of nitrogen functional groups attached to an aromatic ring is 1. The third-order valence-corrected chi connectivity index (χ3v) is 1.63. The Bertz CT molecular complexity index is 254. The summed E-state index contributed by atoms with van der Waals surface area (Å²) >= 11 is 0. The zero-order valence-corrected chi connectivity index (χ0v) is 7.09. The first kappa shape index (κ1) is 7.91. The number of aryl methyl sites for hydroxylation is 2. The van der Waals surface area contributed by atoms with Crippen LogP contribution in [0.2, 0.25) is 0 Å². The van der Waals surface area contributed by atoms with Crippen molar-refractivity contribution in [1.29, 1.82) is 0 Å².